The predicted molar refractivity (Wildman–Crippen MR) is 80.4 cm³/mol. The molecule has 7 heteroatoms. The average Bonchev–Trinajstić information content (AvgIpc) is 2.41. The van der Waals surface area contributed by atoms with Gasteiger partial charge in [-0.05, 0) is 38.8 Å². The summed E-state index contributed by atoms with van der Waals surface area (Å²) in [5.41, 5.74) is 5.66. The summed E-state index contributed by atoms with van der Waals surface area (Å²) in [5.74, 6) is -0.613. The van der Waals surface area contributed by atoms with Crippen LogP contribution in [0.2, 0.25) is 0 Å². The van der Waals surface area contributed by atoms with Crippen molar-refractivity contribution in [1.29, 1.82) is 0 Å². The zero-order chi connectivity index (χ0) is 15.8. The third-order valence-electron chi connectivity index (χ3n) is 2.82. The molecule has 0 saturated heterocycles. The average molecular weight is 295 g/mol. The highest BCUT2D eigenvalue weighted by Crippen LogP contribution is 2.25. The largest absolute Gasteiger partial charge is 0.379 e. The number of benzene rings is 1. The zero-order valence-corrected chi connectivity index (χ0v) is 12.3. The number of anilines is 1. The van der Waals surface area contributed by atoms with Crippen LogP contribution < -0.4 is 11.1 Å². The highest BCUT2D eigenvalue weighted by molar-refractivity contribution is 5.94. The molecule has 0 aliphatic heterocycles. The Morgan fingerprint density at radius 1 is 1.43 bits per heavy atom. The molecule has 0 heterocycles. The Balaban J connectivity index is 2.57. The second-order valence-corrected chi connectivity index (χ2v) is 4.91. The summed E-state index contributed by atoms with van der Waals surface area (Å²) in [6.45, 7) is 5.15. The van der Waals surface area contributed by atoms with Crippen molar-refractivity contribution in [2.75, 3.05) is 18.5 Å². The molecule has 3 N–H and O–H groups in total. The summed E-state index contributed by atoms with van der Waals surface area (Å²) in [4.78, 5) is 21.6. The van der Waals surface area contributed by atoms with Gasteiger partial charge in [0.1, 0.15) is 5.69 Å². The summed E-state index contributed by atoms with van der Waals surface area (Å²) in [6, 6.07) is 4.04. The van der Waals surface area contributed by atoms with Gasteiger partial charge >= 0.3 is 0 Å². The van der Waals surface area contributed by atoms with Crippen LogP contribution in [0, 0.1) is 10.1 Å². The van der Waals surface area contributed by atoms with Gasteiger partial charge < -0.3 is 15.8 Å². The van der Waals surface area contributed by atoms with E-state index in [0.29, 0.717) is 18.8 Å². The maximum Gasteiger partial charge on any atom is 0.292 e. The van der Waals surface area contributed by atoms with Gasteiger partial charge in [-0.1, -0.05) is 0 Å². The van der Waals surface area contributed by atoms with Gasteiger partial charge in [0.15, 0.2) is 0 Å². The van der Waals surface area contributed by atoms with Crippen molar-refractivity contribution in [3.05, 3.63) is 33.9 Å². The Labute approximate surface area is 123 Å². The first-order valence-electron chi connectivity index (χ1n) is 6.85. The number of nitrogens with zero attached hydrogens (tertiary/aromatic N) is 1. The number of primary amides is 1. The molecule has 7 nitrogen and oxygen atoms in total. The normalized spacial score (nSPS) is 10.6. The molecule has 116 valence electrons. The quantitative estimate of drug-likeness (QED) is 0.413. The van der Waals surface area contributed by atoms with Crippen LogP contribution in [0.4, 0.5) is 11.4 Å². The molecule has 1 rings (SSSR count). The first-order valence-corrected chi connectivity index (χ1v) is 6.85. The van der Waals surface area contributed by atoms with E-state index < -0.39 is 10.8 Å². The van der Waals surface area contributed by atoms with E-state index in [9.17, 15) is 14.9 Å². The van der Waals surface area contributed by atoms with Gasteiger partial charge in [-0.2, -0.15) is 0 Å². The molecule has 1 amide bonds. The second-order valence-electron chi connectivity index (χ2n) is 4.91. The molecular formula is C14H21N3O4. The van der Waals surface area contributed by atoms with Crippen LogP contribution in [-0.2, 0) is 4.74 Å². The van der Waals surface area contributed by atoms with Crippen molar-refractivity contribution in [2.24, 2.45) is 5.73 Å². The van der Waals surface area contributed by atoms with Crippen LogP contribution in [0.3, 0.4) is 0 Å². The van der Waals surface area contributed by atoms with Gasteiger partial charge in [-0.3, -0.25) is 14.9 Å². The van der Waals surface area contributed by atoms with Crippen LogP contribution in [0.25, 0.3) is 0 Å². The highest BCUT2D eigenvalue weighted by Gasteiger charge is 2.15. The summed E-state index contributed by atoms with van der Waals surface area (Å²) in [6.07, 6.45) is 1.87. The lowest BCUT2D eigenvalue weighted by Gasteiger charge is -2.09. The molecule has 0 fully saturated rings. The fraction of sp³-hybridized carbons (Fsp3) is 0.500. The van der Waals surface area contributed by atoms with E-state index >= 15 is 0 Å². The number of hydrogen-bond acceptors (Lipinski definition) is 5. The van der Waals surface area contributed by atoms with Crippen molar-refractivity contribution in [1.82, 2.24) is 0 Å². The van der Waals surface area contributed by atoms with Crippen LogP contribution in [0.15, 0.2) is 18.2 Å². The Hall–Kier alpha value is -2.15. The fourth-order valence-electron chi connectivity index (χ4n) is 1.76. The number of nitro benzene ring substituents is 1. The molecule has 0 unspecified atom stereocenters. The molecule has 0 saturated carbocycles. The standard InChI is InChI=1S/C14H21N3O4/c1-10(2)21-8-4-3-7-16-12-9-11(14(15)18)5-6-13(12)17(19)20/h5-6,9-10,16H,3-4,7-8H2,1-2H3,(H2,15,18). The number of rotatable bonds is 9. The number of carbonyl (C=O) groups excluding carboxylic acids is 1. The maximum atomic E-state index is 11.1. The SMILES string of the molecule is CC(C)OCCCCNc1cc(C(N)=O)ccc1[N+](=O)[O-]. The fourth-order valence-corrected chi connectivity index (χ4v) is 1.76. The van der Waals surface area contributed by atoms with Crippen molar-refractivity contribution in [3.63, 3.8) is 0 Å². The topological polar surface area (TPSA) is 107 Å². The Kier molecular flexibility index (Phi) is 6.61. The molecule has 0 aliphatic rings. The van der Waals surface area contributed by atoms with Gasteiger partial charge in [0.05, 0.1) is 11.0 Å². The first-order chi connectivity index (χ1) is 9.91. The zero-order valence-electron chi connectivity index (χ0n) is 12.3. The monoisotopic (exact) mass is 295 g/mol. The molecule has 0 spiro atoms. The summed E-state index contributed by atoms with van der Waals surface area (Å²) >= 11 is 0. The predicted octanol–water partition coefficient (Wildman–Crippen LogP) is 2.31. The van der Waals surface area contributed by atoms with Crippen LogP contribution in [-0.4, -0.2) is 30.1 Å². The van der Waals surface area contributed by atoms with Gasteiger partial charge in [-0.25, -0.2) is 0 Å². The summed E-state index contributed by atoms with van der Waals surface area (Å²) in [7, 11) is 0. The van der Waals surface area contributed by atoms with Crippen LogP contribution >= 0.6 is 0 Å². The lowest BCUT2D eigenvalue weighted by Crippen LogP contribution is -2.12. The number of nitrogens with one attached hydrogen (secondary N) is 1. The third-order valence-corrected chi connectivity index (χ3v) is 2.82. The van der Waals surface area contributed by atoms with Crippen molar-refractivity contribution in [3.8, 4) is 0 Å². The van der Waals surface area contributed by atoms with Crippen LogP contribution in [0.1, 0.15) is 37.0 Å². The van der Waals surface area contributed by atoms with Gasteiger partial charge in [0.2, 0.25) is 5.91 Å². The van der Waals surface area contributed by atoms with Gasteiger partial charge in [-0.15, -0.1) is 0 Å². The van der Waals surface area contributed by atoms with Crippen molar-refractivity contribution in [2.45, 2.75) is 32.8 Å². The van der Waals surface area contributed by atoms with Gasteiger partial charge in [0.25, 0.3) is 5.69 Å². The minimum atomic E-state index is -0.613. The number of nitro groups is 1. The molecule has 0 aliphatic carbocycles. The lowest BCUT2D eigenvalue weighted by molar-refractivity contribution is -0.384. The molecule has 0 atom stereocenters. The van der Waals surface area contributed by atoms with E-state index in [4.69, 9.17) is 10.5 Å². The molecule has 0 radical (unpaired) electrons. The van der Waals surface area contributed by atoms with E-state index in [0.717, 1.165) is 12.8 Å². The number of nitrogens with two attached hydrogens (primary N) is 1. The highest BCUT2D eigenvalue weighted by atomic mass is 16.6. The van der Waals surface area contributed by atoms with Crippen molar-refractivity contribution >= 4 is 17.3 Å². The maximum absolute atomic E-state index is 11.1. The molecule has 0 bridgehead atoms. The van der Waals surface area contributed by atoms with Gasteiger partial charge in [0, 0.05) is 24.8 Å². The molecule has 0 aromatic heterocycles. The minimum Gasteiger partial charge on any atom is -0.379 e. The third kappa shape index (κ3) is 5.78. The Morgan fingerprint density at radius 3 is 2.71 bits per heavy atom. The lowest BCUT2D eigenvalue weighted by atomic mass is 10.1. The Morgan fingerprint density at radius 2 is 2.14 bits per heavy atom. The molecule has 21 heavy (non-hydrogen) atoms. The second kappa shape index (κ2) is 8.21. The Bertz CT molecular complexity index is 503. The van der Waals surface area contributed by atoms with E-state index in [1.807, 2.05) is 13.8 Å². The molecule has 1 aromatic rings. The smallest absolute Gasteiger partial charge is 0.292 e. The molecular weight excluding hydrogens is 274 g/mol. The minimum absolute atomic E-state index is 0.0709. The van der Waals surface area contributed by atoms with Crippen LogP contribution in [0.5, 0.6) is 0 Å². The number of amides is 1. The number of unbranched alkanes of at least 4 members (excludes halogenated alkanes) is 1. The van der Waals surface area contributed by atoms with E-state index in [1.165, 1.54) is 18.2 Å². The van der Waals surface area contributed by atoms with E-state index in [1.54, 1.807) is 0 Å². The summed E-state index contributed by atoms with van der Waals surface area (Å²) in [5, 5.41) is 13.9. The number of ether oxygens (including phenoxy) is 1. The van der Waals surface area contributed by atoms with Crippen molar-refractivity contribution < 1.29 is 14.5 Å². The summed E-state index contributed by atoms with van der Waals surface area (Å²) < 4.78 is 5.41. The number of hydrogen-bond donors (Lipinski definition) is 2. The molecule has 1 aromatic carbocycles. The van der Waals surface area contributed by atoms with E-state index in [-0.39, 0.29) is 17.4 Å². The first kappa shape index (κ1) is 16.9. The number of carbonyl (C=O) groups is 1. The van der Waals surface area contributed by atoms with E-state index in [2.05, 4.69) is 5.32 Å².